The van der Waals surface area contributed by atoms with Gasteiger partial charge in [0.25, 0.3) is 0 Å². The van der Waals surface area contributed by atoms with Crippen LogP contribution in [0.1, 0.15) is 24.5 Å². The Morgan fingerprint density at radius 1 is 0.917 bits per heavy atom. The molecule has 0 atom stereocenters. The Bertz CT molecular complexity index is 1440. The SMILES string of the molecule is CCS(=O)(=O)N(CCCN(C)C)c1ccc(N=C(c2ccccc2)c2c(O)[nH]c3ccccc23)cc1. The molecule has 0 aliphatic carbocycles. The number of aliphatic imine (C=N–C) groups is 1. The van der Waals surface area contributed by atoms with Crippen LogP contribution in [-0.4, -0.2) is 62.1 Å². The lowest BCUT2D eigenvalue weighted by Gasteiger charge is -2.24. The minimum Gasteiger partial charge on any atom is -0.494 e. The van der Waals surface area contributed by atoms with Crippen LogP contribution in [0.5, 0.6) is 5.88 Å². The summed E-state index contributed by atoms with van der Waals surface area (Å²) < 4.78 is 27.1. The van der Waals surface area contributed by atoms with E-state index in [2.05, 4.69) is 4.98 Å². The van der Waals surface area contributed by atoms with Crippen molar-refractivity contribution in [3.05, 3.63) is 90.0 Å². The highest BCUT2D eigenvalue weighted by atomic mass is 32.2. The monoisotopic (exact) mass is 504 g/mol. The van der Waals surface area contributed by atoms with Crippen LogP contribution in [0.4, 0.5) is 11.4 Å². The van der Waals surface area contributed by atoms with E-state index in [4.69, 9.17) is 4.99 Å². The van der Waals surface area contributed by atoms with Gasteiger partial charge < -0.3 is 15.0 Å². The van der Waals surface area contributed by atoms with Crippen molar-refractivity contribution in [2.75, 3.05) is 37.2 Å². The third-order valence-electron chi connectivity index (χ3n) is 6.02. The molecule has 0 amide bonds. The maximum absolute atomic E-state index is 12.8. The highest BCUT2D eigenvalue weighted by molar-refractivity contribution is 7.92. The molecule has 1 aromatic heterocycles. The van der Waals surface area contributed by atoms with E-state index < -0.39 is 10.0 Å². The number of fused-ring (bicyclic) bond motifs is 1. The molecule has 0 saturated carbocycles. The molecule has 0 spiro atoms. The van der Waals surface area contributed by atoms with Crippen LogP contribution >= 0.6 is 0 Å². The van der Waals surface area contributed by atoms with Crippen LogP contribution in [0.15, 0.2) is 83.9 Å². The molecular formula is C28H32N4O3S. The van der Waals surface area contributed by atoms with Gasteiger partial charge in [-0.1, -0.05) is 48.5 Å². The summed E-state index contributed by atoms with van der Waals surface area (Å²) in [6.07, 6.45) is 0.726. The van der Waals surface area contributed by atoms with Crippen molar-refractivity contribution >= 4 is 38.0 Å². The second-order valence-corrected chi connectivity index (χ2v) is 11.0. The number of hydrogen-bond donors (Lipinski definition) is 2. The molecule has 0 fully saturated rings. The normalized spacial score (nSPS) is 12.4. The summed E-state index contributed by atoms with van der Waals surface area (Å²) in [6.45, 7) is 2.87. The Morgan fingerprint density at radius 2 is 1.58 bits per heavy atom. The van der Waals surface area contributed by atoms with Gasteiger partial charge >= 0.3 is 0 Å². The summed E-state index contributed by atoms with van der Waals surface area (Å²) in [6, 6.07) is 24.6. The number of H-pyrrole nitrogens is 1. The Morgan fingerprint density at radius 3 is 2.25 bits per heavy atom. The maximum atomic E-state index is 12.8. The largest absolute Gasteiger partial charge is 0.494 e. The molecule has 0 unspecified atom stereocenters. The van der Waals surface area contributed by atoms with Crippen molar-refractivity contribution in [1.29, 1.82) is 0 Å². The summed E-state index contributed by atoms with van der Waals surface area (Å²) in [7, 11) is 0.533. The maximum Gasteiger partial charge on any atom is 0.234 e. The molecule has 0 aliphatic rings. The number of nitrogens with zero attached hydrogens (tertiary/aromatic N) is 3. The lowest BCUT2D eigenvalue weighted by molar-refractivity contribution is 0.403. The van der Waals surface area contributed by atoms with Gasteiger partial charge in [0.2, 0.25) is 10.0 Å². The average molecular weight is 505 g/mol. The fourth-order valence-electron chi connectivity index (χ4n) is 4.17. The molecule has 188 valence electrons. The molecule has 7 nitrogen and oxygen atoms in total. The third kappa shape index (κ3) is 5.61. The Balaban J connectivity index is 1.74. The molecule has 1 heterocycles. The van der Waals surface area contributed by atoms with E-state index in [1.54, 1.807) is 19.1 Å². The molecule has 0 saturated heterocycles. The number of anilines is 1. The van der Waals surface area contributed by atoms with E-state index in [1.807, 2.05) is 85.7 Å². The molecule has 8 heteroatoms. The van der Waals surface area contributed by atoms with E-state index in [0.29, 0.717) is 29.2 Å². The fraction of sp³-hybridized carbons (Fsp3) is 0.250. The van der Waals surface area contributed by atoms with Gasteiger partial charge in [-0.2, -0.15) is 0 Å². The summed E-state index contributed by atoms with van der Waals surface area (Å²) in [5, 5.41) is 11.7. The minimum atomic E-state index is -3.41. The zero-order valence-electron chi connectivity index (χ0n) is 20.8. The molecule has 2 N–H and O–H groups in total. The quantitative estimate of drug-likeness (QED) is 0.292. The number of aromatic hydroxyl groups is 1. The van der Waals surface area contributed by atoms with Gasteiger partial charge in [0.15, 0.2) is 5.88 Å². The number of rotatable bonds is 10. The van der Waals surface area contributed by atoms with Crippen LogP contribution in [0.3, 0.4) is 0 Å². The van der Waals surface area contributed by atoms with Gasteiger partial charge in [-0.3, -0.25) is 4.31 Å². The van der Waals surface area contributed by atoms with Crippen LogP contribution in [0, 0.1) is 0 Å². The number of hydrogen-bond acceptors (Lipinski definition) is 5. The molecule has 3 aromatic carbocycles. The highest BCUT2D eigenvalue weighted by Crippen LogP contribution is 2.32. The Kier molecular flexibility index (Phi) is 7.76. The molecule has 36 heavy (non-hydrogen) atoms. The van der Waals surface area contributed by atoms with E-state index in [-0.39, 0.29) is 11.6 Å². The summed E-state index contributed by atoms with van der Waals surface area (Å²) >= 11 is 0. The number of benzene rings is 3. The summed E-state index contributed by atoms with van der Waals surface area (Å²) in [5.41, 5.74) is 4.21. The van der Waals surface area contributed by atoms with Crippen molar-refractivity contribution in [1.82, 2.24) is 9.88 Å². The van der Waals surface area contributed by atoms with Crippen LogP contribution in [-0.2, 0) is 10.0 Å². The van der Waals surface area contributed by atoms with Crippen LogP contribution < -0.4 is 4.31 Å². The van der Waals surface area contributed by atoms with Gasteiger partial charge in [-0.25, -0.2) is 13.4 Å². The number of aromatic nitrogens is 1. The van der Waals surface area contributed by atoms with E-state index >= 15 is 0 Å². The predicted molar refractivity (Wildman–Crippen MR) is 148 cm³/mol. The van der Waals surface area contributed by atoms with Crippen molar-refractivity contribution in [2.45, 2.75) is 13.3 Å². The lowest BCUT2D eigenvalue weighted by atomic mass is 10.0. The van der Waals surface area contributed by atoms with Gasteiger partial charge in [0.1, 0.15) is 0 Å². The van der Waals surface area contributed by atoms with Gasteiger partial charge in [-0.15, -0.1) is 0 Å². The molecule has 0 radical (unpaired) electrons. The van der Waals surface area contributed by atoms with Crippen LogP contribution in [0.2, 0.25) is 0 Å². The Hall–Kier alpha value is -3.62. The van der Waals surface area contributed by atoms with E-state index in [1.165, 1.54) is 4.31 Å². The van der Waals surface area contributed by atoms with E-state index in [9.17, 15) is 13.5 Å². The third-order valence-corrected chi connectivity index (χ3v) is 7.81. The fourth-order valence-corrected chi connectivity index (χ4v) is 5.33. The number of aromatic amines is 1. The topological polar surface area (TPSA) is 89.0 Å². The molecular weight excluding hydrogens is 472 g/mol. The first kappa shape index (κ1) is 25.5. The summed E-state index contributed by atoms with van der Waals surface area (Å²) in [5.74, 6) is 0.0869. The minimum absolute atomic E-state index is 0.0346. The van der Waals surface area contributed by atoms with E-state index in [0.717, 1.165) is 29.4 Å². The number of sulfonamides is 1. The number of para-hydroxylation sites is 1. The second kappa shape index (κ2) is 11.0. The predicted octanol–water partition coefficient (Wildman–Crippen LogP) is 5.15. The molecule has 4 rings (SSSR count). The smallest absolute Gasteiger partial charge is 0.234 e. The zero-order valence-corrected chi connectivity index (χ0v) is 21.7. The van der Waals surface area contributed by atoms with Gasteiger partial charge in [-0.05, 0) is 64.3 Å². The van der Waals surface area contributed by atoms with Crippen LogP contribution in [0.25, 0.3) is 10.9 Å². The highest BCUT2D eigenvalue weighted by Gasteiger charge is 2.21. The Labute approximate surface area is 212 Å². The van der Waals surface area contributed by atoms with Crippen molar-refractivity contribution in [3.63, 3.8) is 0 Å². The first-order valence-electron chi connectivity index (χ1n) is 12.0. The van der Waals surface area contributed by atoms with Gasteiger partial charge in [0, 0.05) is 23.0 Å². The second-order valence-electron chi connectivity index (χ2n) is 8.87. The molecule has 0 bridgehead atoms. The van der Waals surface area contributed by atoms with Crippen molar-refractivity contribution < 1.29 is 13.5 Å². The molecule has 4 aromatic rings. The zero-order chi connectivity index (χ0) is 25.7. The lowest BCUT2D eigenvalue weighted by Crippen LogP contribution is -2.34. The number of nitrogens with one attached hydrogen (secondary N) is 1. The van der Waals surface area contributed by atoms with Crippen molar-refractivity contribution in [2.24, 2.45) is 4.99 Å². The van der Waals surface area contributed by atoms with Gasteiger partial charge in [0.05, 0.1) is 28.4 Å². The van der Waals surface area contributed by atoms with Crippen molar-refractivity contribution in [3.8, 4) is 5.88 Å². The standard InChI is InChI=1S/C28H32N4O3S/c1-4-36(34,35)32(20-10-19-31(2)3)23-17-15-22(16-18-23)29-27(21-11-6-5-7-12-21)26-24-13-8-9-14-25(24)30-28(26)33/h5-9,11-18,30,33H,4,10,19-20H2,1-3H3. The summed E-state index contributed by atoms with van der Waals surface area (Å²) in [4.78, 5) is 9.99. The molecule has 0 aliphatic heterocycles. The first-order valence-corrected chi connectivity index (χ1v) is 13.6. The average Bonchev–Trinajstić information content (AvgIpc) is 3.21. The first-order chi connectivity index (χ1) is 17.3.